The molecule has 1 rings (SSSR count). The fourth-order valence-electron chi connectivity index (χ4n) is 1.17. The summed E-state index contributed by atoms with van der Waals surface area (Å²) in [5, 5.41) is 0. The highest BCUT2D eigenvalue weighted by atomic mass is 19.1. The minimum absolute atomic E-state index is 0.00579. The van der Waals surface area contributed by atoms with Crippen molar-refractivity contribution in [2.45, 2.75) is 33.0 Å². The van der Waals surface area contributed by atoms with Crippen molar-refractivity contribution in [3.8, 4) is 0 Å². The molecule has 0 radical (unpaired) electrons. The van der Waals surface area contributed by atoms with Crippen molar-refractivity contribution in [2.75, 3.05) is 0 Å². The van der Waals surface area contributed by atoms with E-state index >= 15 is 0 Å². The molecule has 1 aliphatic rings. The number of hydrogen-bond acceptors (Lipinski definition) is 1. The van der Waals surface area contributed by atoms with Gasteiger partial charge in [-0.3, -0.25) is 4.99 Å². The van der Waals surface area contributed by atoms with Crippen molar-refractivity contribution >= 4 is 6.21 Å². The largest absolute Gasteiger partial charge is 0.290 e. The normalized spacial score (nSPS) is 33.6. The summed E-state index contributed by atoms with van der Waals surface area (Å²) in [7, 11) is 0. The van der Waals surface area contributed by atoms with Crippen LogP contribution in [0.1, 0.15) is 20.8 Å². The van der Waals surface area contributed by atoms with Gasteiger partial charge in [-0.1, -0.05) is 13.8 Å². The van der Waals surface area contributed by atoms with E-state index in [2.05, 4.69) is 4.99 Å². The van der Waals surface area contributed by atoms with Crippen molar-refractivity contribution in [3.05, 3.63) is 0 Å². The number of rotatable bonds is 1. The summed E-state index contributed by atoms with van der Waals surface area (Å²) in [5.74, 6) is 0. The Balaban J connectivity index is 2.59. The highest BCUT2D eigenvalue weighted by Crippen LogP contribution is 2.32. The highest BCUT2D eigenvalue weighted by molar-refractivity contribution is 5.72. The molecule has 0 fully saturated rings. The van der Waals surface area contributed by atoms with Gasteiger partial charge in [0.2, 0.25) is 0 Å². The van der Waals surface area contributed by atoms with Gasteiger partial charge < -0.3 is 0 Å². The van der Waals surface area contributed by atoms with E-state index in [4.69, 9.17) is 0 Å². The molecule has 0 saturated carbocycles. The zero-order valence-corrected chi connectivity index (χ0v) is 6.06. The van der Waals surface area contributed by atoms with Crippen molar-refractivity contribution in [2.24, 2.45) is 10.4 Å². The topological polar surface area (TPSA) is 12.4 Å². The Bertz CT molecular complexity index is 138. The molecule has 2 heteroatoms. The molecule has 1 aliphatic heterocycles. The highest BCUT2D eigenvalue weighted by Gasteiger charge is 2.38. The molecule has 0 unspecified atom stereocenters. The van der Waals surface area contributed by atoms with Crippen LogP contribution in [-0.4, -0.2) is 18.4 Å². The predicted molar refractivity (Wildman–Crippen MR) is 36.6 cm³/mol. The molecular formula is C7H12FN. The van der Waals surface area contributed by atoms with Crippen molar-refractivity contribution in [3.63, 3.8) is 0 Å². The van der Waals surface area contributed by atoms with Crippen LogP contribution in [0.25, 0.3) is 0 Å². The molecule has 0 aromatic heterocycles. The molecule has 0 aromatic rings. The predicted octanol–water partition coefficient (Wildman–Crippen LogP) is 1.82. The van der Waals surface area contributed by atoms with Gasteiger partial charge >= 0.3 is 0 Å². The first-order valence-electron chi connectivity index (χ1n) is 3.22. The summed E-state index contributed by atoms with van der Waals surface area (Å²) in [4.78, 5) is 3.92. The summed E-state index contributed by atoms with van der Waals surface area (Å²) < 4.78 is 12.5. The molecule has 0 aliphatic carbocycles. The molecule has 2 atom stereocenters. The lowest BCUT2D eigenvalue weighted by Gasteiger charge is -2.36. The van der Waals surface area contributed by atoms with Crippen LogP contribution in [0, 0.1) is 5.41 Å². The number of halogens is 1. The Labute approximate surface area is 55.0 Å². The van der Waals surface area contributed by atoms with Crippen LogP contribution in [-0.2, 0) is 0 Å². The molecule has 0 amide bonds. The van der Waals surface area contributed by atoms with E-state index in [1.54, 1.807) is 6.92 Å². The zero-order chi connectivity index (χ0) is 7.07. The van der Waals surface area contributed by atoms with Gasteiger partial charge in [0.25, 0.3) is 0 Å². The summed E-state index contributed by atoms with van der Waals surface area (Å²) in [6.45, 7) is 5.56. The third-order valence-corrected chi connectivity index (χ3v) is 1.77. The molecular weight excluding hydrogens is 117 g/mol. The van der Waals surface area contributed by atoms with Crippen molar-refractivity contribution in [1.29, 1.82) is 0 Å². The molecule has 1 heterocycles. The minimum atomic E-state index is -0.801. The average molecular weight is 129 g/mol. The fourth-order valence-corrected chi connectivity index (χ4v) is 1.17. The van der Waals surface area contributed by atoms with Gasteiger partial charge in [-0.15, -0.1) is 0 Å². The Kier molecular flexibility index (Phi) is 1.34. The minimum Gasteiger partial charge on any atom is -0.290 e. The second-order valence-electron chi connectivity index (χ2n) is 3.22. The molecule has 0 spiro atoms. The third-order valence-electron chi connectivity index (χ3n) is 1.77. The average Bonchev–Trinajstić information content (AvgIpc) is 1.62. The van der Waals surface area contributed by atoms with Crippen molar-refractivity contribution in [1.82, 2.24) is 0 Å². The SMILES string of the molecule is C[C@@H](F)[C@@H]1N=CC1(C)C. The lowest BCUT2D eigenvalue weighted by molar-refractivity contribution is 0.213. The maximum absolute atomic E-state index is 12.5. The van der Waals surface area contributed by atoms with E-state index in [0.29, 0.717) is 0 Å². The van der Waals surface area contributed by atoms with Crippen LogP contribution < -0.4 is 0 Å². The lowest BCUT2D eigenvalue weighted by Crippen LogP contribution is -2.43. The van der Waals surface area contributed by atoms with E-state index in [-0.39, 0.29) is 11.5 Å². The fraction of sp³-hybridized carbons (Fsp3) is 0.857. The van der Waals surface area contributed by atoms with Gasteiger partial charge in [0, 0.05) is 11.6 Å². The lowest BCUT2D eigenvalue weighted by atomic mass is 9.79. The molecule has 0 N–H and O–H groups in total. The molecule has 1 nitrogen and oxygen atoms in total. The van der Waals surface area contributed by atoms with Crippen LogP contribution in [0.3, 0.4) is 0 Å². The van der Waals surface area contributed by atoms with Crippen LogP contribution in [0.15, 0.2) is 4.99 Å². The molecule has 52 valence electrons. The summed E-state index contributed by atoms with van der Waals surface area (Å²) in [6, 6.07) is -0.0995. The van der Waals surface area contributed by atoms with Gasteiger partial charge in [-0.05, 0) is 6.92 Å². The van der Waals surface area contributed by atoms with Crippen LogP contribution >= 0.6 is 0 Å². The van der Waals surface area contributed by atoms with Crippen molar-refractivity contribution < 1.29 is 4.39 Å². The van der Waals surface area contributed by atoms with Gasteiger partial charge in [0.05, 0.1) is 6.04 Å². The Morgan fingerprint density at radius 2 is 2.22 bits per heavy atom. The Morgan fingerprint density at radius 1 is 1.67 bits per heavy atom. The molecule has 0 aromatic carbocycles. The van der Waals surface area contributed by atoms with Gasteiger partial charge in [0.1, 0.15) is 6.17 Å². The van der Waals surface area contributed by atoms with Crippen LogP contribution in [0.2, 0.25) is 0 Å². The summed E-state index contributed by atoms with van der Waals surface area (Å²) >= 11 is 0. The van der Waals surface area contributed by atoms with Gasteiger partial charge in [-0.2, -0.15) is 0 Å². The number of hydrogen-bond donors (Lipinski definition) is 0. The van der Waals surface area contributed by atoms with Gasteiger partial charge in [0.15, 0.2) is 0 Å². The molecule has 9 heavy (non-hydrogen) atoms. The summed E-state index contributed by atoms with van der Waals surface area (Å²) in [5.41, 5.74) is -0.00579. The smallest absolute Gasteiger partial charge is 0.120 e. The monoisotopic (exact) mass is 129 g/mol. The van der Waals surface area contributed by atoms with E-state index in [1.165, 1.54) is 0 Å². The number of alkyl halides is 1. The zero-order valence-electron chi connectivity index (χ0n) is 6.06. The number of aliphatic imine (C=N–C) groups is 1. The van der Waals surface area contributed by atoms with Crippen LogP contribution in [0.4, 0.5) is 4.39 Å². The maximum atomic E-state index is 12.5. The second kappa shape index (κ2) is 1.79. The van der Waals surface area contributed by atoms with E-state index in [9.17, 15) is 4.39 Å². The standard InChI is InChI=1S/C7H12FN/c1-5(8)6-7(2,3)4-9-6/h4-6H,1-3H3/t5-,6+/m1/s1. The van der Waals surface area contributed by atoms with E-state index < -0.39 is 6.17 Å². The first-order chi connectivity index (χ1) is 4.04. The first-order valence-corrected chi connectivity index (χ1v) is 3.22. The maximum Gasteiger partial charge on any atom is 0.120 e. The first kappa shape index (κ1) is 6.72. The summed E-state index contributed by atoms with van der Waals surface area (Å²) in [6.07, 6.45) is 1.01. The van der Waals surface area contributed by atoms with Gasteiger partial charge in [-0.25, -0.2) is 4.39 Å². The molecule has 0 bridgehead atoms. The molecule has 0 saturated heterocycles. The Morgan fingerprint density at radius 3 is 2.22 bits per heavy atom. The van der Waals surface area contributed by atoms with E-state index in [1.807, 2.05) is 20.1 Å². The van der Waals surface area contributed by atoms with E-state index in [0.717, 1.165) is 0 Å². The quantitative estimate of drug-likeness (QED) is 0.512. The van der Waals surface area contributed by atoms with Crippen LogP contribution in [0.5, 0.6) is 0 Å². The number of nitrogens with zero attached hydrogens (tertiary/aromatic N) is 1. The third kappa shape index (κ3) is 0.979. The second-order valence-corrected chi connectivity index (χ2v) is 3.22. The Hall–Kier alpha value is -0.400.